The summed E-state index contributed by atoms with van der Waals surface area (Å²) in [5.41, 5.74) is -0.316. The predicted octanol–water partition coefficient (Wildman–Crippen LogP) is 3.31. The Morgan fingerprint density at radius 3 is 2.44 bits per heavy atom. The number of benzene rings is 2. The first-order valence-corrected chi connectivity index (χ1v) is 8.15. The van der Waals surface area contributed by atoms with Gasteiger partial charge in [-0.05, 0) is 42.8 Å². The highest BCUT2D eigenvalue weighted by Crippen LogP contribution is 2.17. The van der Waals surface area contributed by atoms with E-state index in [2.05, 4.69) is 5.32 Å². The van der Waals surface area contributed by atoms with Crippen LogP contribution in [0.4, 0.5) is 14.5 Å². The van der Waals surface area contributed by atoms with E-state index in [4.69, 9.17) is 14.2 Å². The van der Waals surface area contributed by atoms with Crippen LogP contribution in [0.25, 0.3) is 0 Å². The molecule has 8 heteroatoms. The summed E-state index contributed by atoms with van der Waals surface area (Å²) in [6.45, 7) is -0.295. The van der Waals surface area contributed by atoms with Gasteiger partial charge in [-0.3, -0.25) is 9.59 Å². The van der Waals surface area contributed by atoms with E-state index in [-0.39, 0.29) is 12.1 Å². The van der Waals surface area contributed by atoms with Crippen LogP contribution in [0.2, 0.25) is 0 Å². The maximum absolute atomic E-state index is 13.4. The maximum atomic E-state index is 13.4. The van der Waals surface area contributed by atoms with Crippen molar-refractivity contribution in [3.63, 3.8) is 0 Å². The second kappa shape index (κ2) is 10.1. The number of hydrogen-bond acceptors (Lipinski definition) is 5. The molecule has 0 saturated carbocycles. The Labute approximate surface area is 155 Å². The van der Waals surface area contributed by atoms with Gasteiger partial charge in [0.15, 0.2) is 6.61 Å². The van der Waals surface area contributed by atoms with E-state index in [1.54, 1.807) is 31.4 Å². The molecule has 0 aliphatic carbocycles. The number of carbonyl (C=O) groups is 2. The lowest BCUT2D eigenvalue weighted by atomic mass is 10.3. The molecule has 0 atom stereocenters. The van der Waals surface area contributed by atoms with Crippen LogP contribution in [-0.4, -0.2) is 32.2 Å². The third-order valence-corrected chi connectivity index (χ3v) is 3.42. The van der Waals surface area contributed by atoms with Gasteiger partial charge >= 0.3 is 5.97 Å². The molecular weight excluding hydrogens is 360 g/mol. The van der Waals surface area contributed by atoms with Gasteiger partial charge in [-0.25, -0.2) is 8.78 Å². The van der Waals surface area contributed by atoms with Crippen LogP contribution in [0.5, 0.6) is 11.5 Å². The fourth-order valence-electron chi connectivity index (χ4n) is 2.08. The summed E-state index contributed by atoms with van der Waals surface area (Å²) in [6.07, 6.45) is 0.447. The van der Waals surface area contributed by atoms with Crippen LogP contribution in [0.15, 0.2) is 42.5 Å². The number of halogens is 2. The number of rotatable bonds is 9. The molecule has 0 aromatic heterocycles. The number of ether oxygens (including phenoxy) is 3. The molecule has 0 aliphatic rings. The Morgan fingerprint density at radius 2 is 1.74 bits per heavy atom. The van der Waals surface area contributed by atoms with Gasteiger partial charge < -0.3 is 19.5 Å². The molecule has 1 amide bonds. The minimum atomic E-state index is -0.785. The van der Waals surface area contributed by atoms with Crippen LogP contribution < -0.4 is 14.8 Å². The van der Waals surface area contributed by atoms with Crippen molar-refractivity contribution in [2.24, 2.45) is 0 Å². The van der Waals surface area contributed by atoms with Crippen molar-refractivity contribution in [2.45, 2.75) is 12.8 Å². The van der Waals surface area contributed by atoms with Gasteiger partial charge in [0.25, 0.3) is 5.91 Å². The van der Waals surface area contributed by atoms with Gasteiger partial charge in [0, 0.05) is 12.5 Å². The molecular formula is C19H19F2NO5. The van der Waals surface area contributed by atoms with Crippen molar-refractivity contribution < 1.29 is 32.6 Å². The van der Waals surface area contributed by atoms with E-state index in [0.717, 1.165) is 18.2 Å². The second-order valence-electron chi connectivity index (χ2n) is 5.46. The smallest absolute Gasteiger partial charge is 0.306 e. The predicted molar refractivity (Wildman–Crippen MR) is 93.7 cm³/mol. The van der Waals surface area contributed by atoms with Crippen LogP contribution in [0, 0.1) is 11.6 Å². The van der Waals surface area contributed by atoms with E-state index in [9.17, 15) is 18.4 Å². The van der Waals surface area contributed by atoms with E-state index < -0.39 is 30.1 Å². The van der Waals surface area contributed by atoms with Crippen LogP contribution in [0.3, 0.4) is 0 Å². The number of carbonyl (C=O) groups excluding carboxylic acids is 2. The topological polar surface area (TPSA) is 73.9 Å². The Kier molecular flexibility index (Phi) is 7.54. The molecule has 144 valence electrons. The normalized spacial score (nSPS) is 10.2. The number of nitrogens with one attached hydrogen (secondary N) is 1. The third kappa shape index (κ3) is 6.93. The lowest BCUT2D eigenvalue weighted by Crippen LogP contribution is -2.21. The molecule has 0 fully saturated rings. The first-order chi connectivity index (χ1) is 13.0. The van der Waals surface area contributed by atoms with Gasteiger partial charge in [0.1, 0.15) is 23.1 Å². The highest BCUT2D eigenvalue weighted by atomic mass is 19.1. The SMILES string of the molecule is COc1ccc(OCCCC(=O)OCC(=O)Nc2cc(F)ccc2F)cc1. The van der Waals surface area contributed by atoms with E-state index in [1.165, 1.54) is 0 Å². The number of hydrogen-bond donors (Lipinski definition) is 1. The standard InChI is InChI=1S/C19H19F2NO5/c1-25-14-5-7-15(8-6-14)26-10-2-3-19(24)27-12-18(23)22-17-11-13(20)4-9-16(17)21/h4-9,11H,2-3,10,12H2,1H3,(H,22,23). The van der Waals surface area contributed by atoms with Gasteiger partial charge in [-0.15, -0.1) is 0 Å². The minimum Gasteiger partial charge on any atom is -0.497 e. The summed E-state index contributed by atoms with van der Waals surface area (Å²) in [5, 5.41) is 2.14. The van der Waals surface area contributed by atoms with Crippen molar-refractivity contribution in [2.75, 3.05) is 25.6 Å². The van der Waals surface area contributed by atoms with Crippen LogP contribution in [0.1, 0.15) is 12.8 Å². The van der Waals surface area contributed by atoms with Crippen LogP contribution >= 0.6 is 0 Å². The Balaban J connectivity index is 1.63. The molecule has 0 aliphatic heterocycles. The molecule has 1 N–H and O–H groups in total. The molecule has 0 saturated heterocycles. The van der Waals surface area contributed by atoms with Crippen molar-refractivity contribution in [3.05, 3.63) is 54.1 Å². The summed E-state index contributed by atoms with van der Waals surface area (Å²) >= 11 is 0. The monoisotopic (exact) mass is 379 g/mol. The zero-order valence-electron chi connectivity index (χ0n) is 14.7. The minimum absolute atomic E-state index is 0.0533. The summed E-state index contributed by atoms with van der Waals surface area (Å²) in [5.74, 6) is -1.49. The third-order valence-electron chi connectivity index (χ3n) is 3.42. The fourth-order valence-corrected chi connectivity index (χ4v) is 2.08. The van der Waals surface area contributed by atoms with Gasteiger partial charge in [-0.2, -0.15) is 0 Å². The first kappa shape index (κ1) is 20.2. The molecule has 0 heterocycles. The highest BCUT2D eigenvalue weighted by Gasteiger charge is 2.11. The maximum Gasteiger partial charge on any atom is 0.306 e. The van der Waals surface area contributed by atoms with Crippen LogP contribution in [-0.2, 0) is 14.3 Å². The fraction of sp³-hybridized carbons (Fsp3) is 0.263. The van der Waals surface area contributed by atoms with Gasteiger partial charge in [0.2, 0.25) is 0 Å². The summed E-state index contributed by atoms with van der Waals surface area (Å²) in [4.78, 5) is 23.2. The number of methoxy groups -OCH3 is 1. The zero-order valence-corrected chi connectivity index (χ0v) is 14.7. The molecule has 0 spiro atoms. The van der Waals surface area contributed by atoms with E-state index in [0.29, 0.717) is 24.5 Å². The molecule has 0 unspecified atom stereocenters. The van der Waals surface area contributed by atoms with Crippen molar-refractivity contribution >= 4 is 17.6 Å². The molecule has 2 rings (SSSR count). The molecule has 0 bridgehead atoms. The largest absolute Gasteiger partial charge is 0.497 e. The molecule has 2 aromatic carbocycles. The van der Waals surface area contributed by atoms with Crippen molar-refractivity contribution in [3.8, 4) is 11.5 Å². The van der Waals surface area contributed by atoms with Crippen molar-refractivity contribution in [1.82, 2.24) is 0 Å². The quantitative estimate of drug-likeness (QED) is 0.535. The number of amides is 1. The summed E-state index contributed by atoms with van der Waals surface area (Å²) in [6, 6.07) is 9.65. The van der Waals surface area contributed by atoms with E-state index in [1.807, 2.05) is 0 Å². The Morgan fingerprint density at radius 1 is 1.04 bits per heavy atom. The average molecular weight is 379 g/mol. The van der Waals surface area contributed by atoms with E-state index >= 15 is 0 Å². The number of anilines is 1. The molecule has 27 heavy (non-hydrogen) atoms. The molecule has 2 aromatic rings. The second-order valence-corrected chi connectivity index (χ2v) is 5.46. The molecule has 6 nitrogen and oxygen atoms in total. The van der Waals surface area contributed by atoms with Crippen molar-refractivity contribution in [1.29, 1.82) is 0 Å². The zero-order chi connectivity index (χ0) is 19.6. The van der Waals surface area contributed by atoms with Gasteiger partial charge in [-0.1, -0.05) is 0 Å². The summed E-state index contributed by atoms with van der Waals surface area (Å²) < 4.78 is 41.7. The Bertz CT molecular complexity index is 780. The molecule has 0 radical (unpaired) electrons. The first-order valence-electron chi connectivity index (χ1n) is 8.15. The Hall–Kier alpha value is -3.16. The van der Waals surface area contributed by atoms with Gasteiger partial charge in [0.05, 0.1) is 19.4 Å². The lowest BCUT2D eigenvalue weighted by molar-refractivity contribution is -0.147. The number of esters is 1. The average Bonchev–Trinajstić information content (AvgIpc) is 2.67. The highest BCUT2D eigenvalue weighted by molar-refractivity contribution is 5.92. The summed E-state index contributed by atoms with van der Waals surface area (Å²) in [7, 11) is 1.57. The lowest BCUT2D eigenvalue weighted by Gasteiger charge is -2.08.